The van der Waals surface area contributed by atoms with Gasteiger partial charge >= 0.3 is 0 Å². The maximum atomic E-state index is 13.0. The average molecular weight is 245 g/mol. The van der Waals surface area contributed by atoms with Gasteiger partial charge in [0.15, 0.2) is 17.5 Å². The van der Waals surface area contributed by atoms with Crippen molar-refractivity contribution in [1.29, 1.82) is 0 Å². The second-order valence-corrected chi connectivity index (χ2v) is 4.33. The molecule has 1 saturated carbocycles. The first-order valence-electron chi connectivity index (χ1n) is 5.63. The highest BCUT2D eigenvalue weighted by atomic mass is 19.2. The molecule has 0 bridgehead atoms. The van der Waals surface area contributed by atoms with Gasteiger partial charge in [-0.1, -0.05) is 6.42 Å². The highest BCUT2D eigenvalue weighted by molar-refractivity contribution is 5.23. The van der Waals surface area contributed by atoms with Gasteiger partial charge in [0.1, 0.15) is 0 Å². The van der Waals surface area contributed by atoms with Gasteiger partial charge in [0, 0.05) is 6.04 Å². The van der Waals surface area contributed by atoms with E-state index < -0.39 is 23.5 Å². The molecule has 1 fully saturated rings. The molecule has 0 spiro atoms. The van der Waals surface area contributed by atoms with Crippen LogP contribution in [0.1, 0.15) is 30.9 Å². The summed E-state index contributed by atoms with van der Waals surface area (Å²) >= 11 is 0. The van der Waals surface area contributed by atoms with E-state index in [0.29, 0.717) is 0 Å². The van der Waals surface area contributed by atoms with Gasteiger partial charge in [0.25, 0.3) is 0 Å². The maximum Gasteiger partial charge on any atom is 0.194 e. The second kappa shape index (κ2) is 5.06. The minimum absolute atomic E-state index is 0.232. The predicted molar refractivity (Wildman–Crippen MR) is 56.9 cm³/mol. The lowest BCUT2D eigenvalue weighted by atomic mass is 9.91. The van der Waals surface area contributed by atoms with Gasteiger partial charge < -0.3 is 10.4 Å². The van der Waals surface area contributed by atoms with Crippen molar-refractivity contribution in [2.24, 2.45) is 0 Å². The quantitative estimate of drug-likeness (QED) is 0.798. The average Bonchev–Trinajstić information content (AvgIpc) is 2.24. The number of benzene rings is 1. The Labute approximate surface area is 97.5 Å². The Kier molecular flexibility index (Phi) is 3.69. The molecular weight excluding hydrogens is 231 g/mol. The molecule has 0 radical (unpaired) electrons. The van der Waals surface area contributed by atoms with Crippen molar-refractivity contribution in [1.82, 2.24) is 5.32 Å². The molecule has 2 nitrogen and oxygen atoms in total. The fourth-order valence-electron chi connectivity index (χ4n) is 1.89. The Morgan fingerprint density at radius 3 is 2.24 bits per heavy atom. The van der Waals surface area contributed by atoms with E-state index in [2.05, 4.69) is 5.32 Å². The molecule has 0 aliphatic heterocycles. The van der Waals surface area contributed by atoms with Gasteiger partial charge in [0.2, 0.25) is 0 Å². The number of aliphatic hydroxyl groups is 1. The third kappa shape index (κ3) is 2.61. The maximum absolute atomic E-state index is 13.0. The molecule has 0 aromatic heterocycles. The first-order chi connectivity index (χ1) is 8.11. The first-order valence-corrected chi connectivity index (χ1v) is 5.63. The highest BCUT2D eigenvalue weighted by Gasteiger charge is 2.23. The Bertz CT molecular complexity index is 384. The van der Waals surface area contributed by atoms with Crippen molar-refractivity contribution in [3.63, 3.8) is 0 Å². The summed E-state index contributed by atoms with van der Waals surface area (Å²) in [5, 5.41) is 12.3. The van der Waals surface area contributed by atoms with Crippen LogP contribution in [0.15, 0.2) is 12.1 Å². The van der Waals surface area contributed by atoms with Crippen LogP contribution in [0.3, 0.4) is 0 Å². The monoisotopic (exact) mass is 245 g/mol. The van der Waals surface area contributed by atoms with Gasteiger partial charge in [-0.15, -0.1) is 0 Å². The minimum Gasteiger partial charge on any atom is -0.394 e. The van der Waals surface area contributed by atoms with E-state index in [4.69, 9.17) is 0 Å². The lowest BCUT2D eigenvalue weighted by molar-refractivity contribution is 0.208. The van der Waals surface area contributed by atoms with Crippen LogP contribution in [-0.2, 0) is 0 Å². The van der Waals surface area contributed by atoms with Crippen molar-refractivity contribution >= 4 is 0 Å². The van der Waals surface area contributed by atoms with Crippen molar-refractivity contribution in [2.75, 3.05) is 6.61 Å². The summed E-state index contributed by atoms with van der Waals surface area (Å²) in [5.41, 5.74) is 0.232. The van der Waals surface area contributed by atoms with Crippen LogP contribution in [0, 0.1) is 17.5 Å². The third-order valence-electron chi connectivity index (χ3n) is 3.13. The summed E-state index contributed by atoms with van der Waals surface area (Å²) in [5.74, 6) is -3.93. The number of hydrogen-bond acceptors (Lipinski definition) is 2. The zero-order valence-electron chi connectivity index (χ0n) is 9.22. The van der Waals surface area contributed by atoms with Crippen molar-refractivity contribution in [3.05, 3.63) is 35.1 Å². The molecule has 1 aliphatic carbocycles. The highest BCUT2D eigenvalue weighted by Crippen LogP contribution is 2.24. The fourth-order valence-corrected chi connectivity index (χ4v) is 1.89. The molecule has 0 saturated heterocycles. The zero-order valence-corrected chi connectivity index (χ0v) is 9.22. The van der Waals surface area contributed by atoms with Gasteiger partial charge in [-0.25, -0.2) is 13.2 Å². The van der Waals surface area contributed by atoms with E-state index in [1.165, 1.54) is 0 Å². The van der Waals surface area contributed by atoms with Crippen LogP contribution in [-0.4, -0.2) is 17.8 Å². The van der Waals surface area contributed by atoms with Crippen molar-refractivity contribution in [3.8, 4) is 0 Å². The van der Waals surface area contributed by atoms with Crippen LogP contribution < -0.4 is 5.32 Å². The largest absolute Gasteiger partial charge is 0.394 e. The predicted octanol–water partition coefficient (Wildman–Crippen LogP) is 2.28. The molecule has 5 heteroatoms. The molecule has 1 unspecified atom stereocenters. The summed E-state index contributed by atoms with van der Waals surface area (Å²) in [6.07, 6.45) is 3.09. The molecular formula is C12H14F3NO. The molecule has 1 aromatic rings. The van der Waals surface area contributed by atoms with Crippen LogP contribution in [0.2, 0.25) is 0 Å². The van der Waals surface area contributed by atoms with E-state index in [1.54, 1.807) is 0 Å². The lowest BCUT2D eigenvalue weighted by Gasteiger charge is -2.31. The van der Waals surface area contributed by atoms with Gasteiger partial charge in [0.05, 0.1) is 12.6 Å². The van der Waals surface area contributed by atoms with Gasteiger partial charge in [-0.3, -0.25) is 0 Å². The Morgan fingerprint density at radius 2 is 1.82 bits per heavy atom. The first kappa shape index (κ1) is 12.4. The number of nitrogens with one attached hydrogen (secondary N) is 1. The fraction of sp³-hybridized carbons (Fsp3) is 0.500. The Hall–Kier alpha value is -1.07. The van der Waals surface area contributed by atoms with Gasteiger partial charge in [-0.05, 0) is 30.5 Å². The van der Waals surface area contributed by atoms with Crippen LogP contribution in [0.4, 0.5) is 13.2 Å². The van der Waals surface area contributed by atoms with E-state index in [9.17, 15) is 18.3 Å². The van der Waals surface area contributed by atoms with Crippen LogP contribution in [0.5, 0.6) is 0 Å². The van der Waals surface area contributed by atoms with E-state index >= 15 is 0 Å². The topological polar surface area (TPSA) is 32.3 Å². The minimum atomic E-state index is -1.48. The van der Waals surface area contributed by atoms with Crippen molar-refractivity contribution < 1.29 is 18.3 Å². The standard InChI is InChI=1S/C12H14F3NO/c13-9-4-7(5-10(14)12(9)15)11(6-17)16-8-2-1-3-8/h4-5,8,11,16-17H,1-3,6H2. The third-order valence-corrected chi connectivity index (χ3v) is 3.13. The van der Waals surface area contributed by atoms with E-state index in [-0.39, 0.29) is 18.2 Å². The SMILES string of the molecule is OCC(NC1CCC1)c1cc(F)c(F)c(F)c1. The van der Waals surface area contributed by atoms with Crippen molar-refractivity contribution in [2.45, 2.75) is 31.3 Å². The smallest absolute Gasteiger partial charge is 0.194 e. The normalized spacial score (nSPS) is 17.9. The number of hydrogen-bond donors (Lipinski definition) is 2. The number of rotatable bonds is 4. The molecule has 17 heavy (non-hydrogen) atoms. The lowest BCUT2D eigenvalue weighted by Crippen LogP contribution is -2.39. The molecule has 1 atom stereocenters. The molecule has 0 amide bonds. The van der Waals surface area contributed by atoms with Gasteiger partial charge in [-0.2, -0.15) is 0 Å². The molecule has 1 aromatic carbocycles. The van der Waals surface area contributed by atoms with Crippen LogP contribution >= 0.6 is 0 Å². The van der Waals surface area contributed by atoms with Crippen LogP contribution in [0.25, 0.3) is 0 Å². The summed E-state index contributed by atoms with van der Waals surface area (Å²) in [6, 6.07) is 1.56. The summed E-state index contributed by atoms with van der Waals surface area (Å²) < 4.78 is 38.9. The molecule has 2 N–H and O–H groups in total. The Balaban J connectivity index is 2.17. The summed E-state index contributed by atoms with van der Waals surface area (Å²) in [6.45, 7) is -0.277. The summed E-state index contributed by atoms with van der Waals surface area (Å²) in [7, 11) is 0. The Morgan fingerprint density at radius 1 is 1.24 bits per heavy atom. The number of halogens is 3. The number of aliphatic hydroxyl groups excluding tert-OH is 1. The molecule has 0 heterocycles. The zero-order chi connectivity index (χ0) is 12.4. The van der Waals surface area contributed by atoms with E-state index in [1.807, 2.05) is 0 Å². The molecule has 1 aliphatic rings. The molecule has 2 rings (SSSR count). The second-order valence-electron chi connectivity index (χ2n) is 4.33. The molecule has 94 valence electrons. The summed E-state index contributed by atoms with van der Waals surface area (Å²) in [4.78, 5) is 0. The van der Waals surface area contributed by atoms with E-state index in [0.717, 1.165) is 31.4 Å².